The van der Waals surface area contributed by atoms with Crippen molar-refractivity contribution in [3.05, 3.63) is 216 Å². The second-order valence-electron chi connectivity index (χ2n) is 11.5. The zero-order valence-electron chi connectivity index (χ0n) is 28.3. The van der Waals surface area contributed by atoms with Crippen LogP contribution in [0.1, 0.15) is 22.3 Å². The van der Waals surface area contributed by atoms with Gasteiger partial charge in [0.2, 0.25) is 0 Å². The molecule has 0 amide bonds. The van der Waals surface area contributed by atoms with Crippen LogP contribution in [-0.2, 0) is 0 Å². The molecule has 0 aliphatic heterocycles. The molecule has 7 aromatic carbocycles. The SMILES string of the molecule is C(=C\c1ccc(N(c2ccccc2)c2ccccc2)cc1)/c1ccc(/C=C/c2ccc(N(c3ccccc3)c3ccccc3)cc2)cc1.[2H][B]. The van der Waals surface area contributed by atoms with Gasteiger partial charge in [0.05, 0.1) is 0 Å². The molecule has 0 heterocycles. The molecule has 0 spiro atoms. The smallest absolute Gasteiger partial charge is 0.0462 e. The Hall–Kier alpha value is -6.32. The Labute approximate surface area is 293 Å². The minimum atomic E-state index is 1.13. The summed E-state index contributed by atoms with van der Waals surface area (Å²) in [6.45, 7) is 0. The van der Waals surface area contributed by atoms with Crippen molar-refractivity contribution in [1.82, 2.24) is 0 Å². The molecule has 0 unspecified atom stereocenters. The molecule has 234 valence electrons. The molecule has 0 aliphatic rings. The van der Waals surface area contributed by atoms with Crippen LogP contribution in [0.25, 0.3) is 24.3 Å². The summed E-state index contributed by atoms with van der Waals surface area (Å²) >= 11 is 0. The van der Waals surface area contributed by atoms with Crippen LogP contribution in [-0.4, -0.2) is 9.71 Å². The summed E-state index contributed by atoms with van der Waals surface area (Å²) in [6.07, 6.45) is 8.66. The lowest BCUT2D eigenvalue weighted by atomic mass is 10.1. The van der Waals surface area contributed by atoms with Crippen molar-refractivity contribution < 1.29 is 0 Å². The van der Waals surface area contributed by atoms with E-state index in [0.29, 0.717) is 0 Å². The van der Waals surface area contributed by atoms with Gasteiger partial charge in [-0.25, -0.2) is 0 Å². The number of hydrogen-bond acceptors (Lipinski definition) is 2. The Balaban J connectivity index is 0.00000212. The van der Waals surface area contributed by atoms with E-state index in [4.69, 9.17) is 1.34 Å². The molecule has 2 radical (unpaired) electrons. The van der Waals surface area contributed by atoms with Gasteiger partial charge in [0.1, 0.15) is 0 Å². The van der Waals surface area contributed by atoms with E-state index in [2.05, 4.69) is 237 Å². The van der Waals surface area contributed by atoms with Gasteiger partial charge in [0.25, 0.3) is 0 Å². The highest BCUT2D eigenvalue weighted by Crippen LogP contribution is 2.35. The fourth-order valence-corrected chi connectivity index (χ4v) is 5.77. The fraction of sp³-hybridized carbons (Fsp3) is 0. The maximum absolute atomic E-state index is 5.25. The van der Waals surface area contributed by atoms with Crippen molar-refractivity contribution >= 4 is 66.8 Å². The second-order valence-corrected chi connectivity index (χ2v) is 11.5. The average Bonchev–Trinajstić information content (AvgIpc) is 3.20. The zero-order chi connectivity index (χ0) is 34.4. The number of para-hydroxylation sites is 4. The Morgan fingerprint density at radius 3 is 0.673 bits per heavy atom. The third-order valence-electron chi connectivity index (χ3n) is 8.23. The minimum Gasteiger partial charge on any atom is -0.311 e. The molecule has 0 saturated carbocycles. The minimum absolute atomic E-state index is 1.13. The van der Waals surface area contributed by atoms with Crippen LogP contribution in [0, 0.1) is 0 Å². The van der Waals surface area contributed by atoms with Gasteiger partial charge in [0, 0.05) is 42.5 Å². The normalized spacial score (nSPS) is 11.1. The number of anilines is 6. The van der Waals surface area contributed by atoms with Gasteiger partial charge in [-0.15, -0.1) is 0 Å². The third kappa shape index (κ3) is 8.16. The maximum Gasteiger partial charge on any atom is 0.0462 e. The highest BCUT2D eigenvalue weighted by atomic mass is 15.1. The highest BCUT2D eigenvalue weighted by molar-refractivity contribution is 5.80. The van der Waals surface area contributed by atoms with E-state index >= 15 is 0 Å². The van der Waals surface area contributed by atoms with Crippen LogP contribution in [0.5, 0.6) is 0 Å². The average molecular weight is 630 g/mol. The predicted octanol–water partition coefficient (Wildman–Crippen LogP) is 12.3. The van der Waals surface area contributed by atoms with Crippen LogP contribution < -0.4 is 9.80 Å². The first-order valence-electron chi connectivity index (χ1n) is 16.8. The lowest BCUT2D eigenvalue weighted by Crippen LogP contribution is -2.09. The quantitative estimate of drug-likeness (QED) is 0.110. The summed E-state index contributed by atoms with van der Waals surface area (Å²) in [5.74, 6) is 0. The summed E-state index contributed by atoms with van der Waals surface area (Å²) in [7, 11) is 3.75. The first kappa shape index (κ1) is 31.3. The molecular formula is C46H37BN2. The van der Waals surface area contributed by atoms with Gasteiger partial charge in [-0.3, -0.25) is 0 Å². The van der Waals surface area contributed by atoms with Gasteiger partial charge in [-0.2, -0.15) is 0 Å². The van der Waals surface area contributed by atoms with Crippen molar-refractivity contribution in [2.45, 2.75) is 0 Å². The summed E-state index contributed by atoms with van der Waals surface area (Å²) in [5, 5.41) is 0. The summed E-state index contributed by atoms with van der Waals surface area (Å²) < 4.78 is 5.25. The van der Waals surface area contributed by atoms with E-state index in [9.17, 15) is 0 Å². The summed E-state index contributed by atoms with van der Waals surface area (Å²) in [6, 6.07) is 68.0. The van der Waals surface area contributed by atoms with Crippen molar-refractivity contribution in [3.8, 4) is 0 Å². The molecular weight excluding hydrogens is 591 g/mol. The molecule has 49 heavy (non-hydrogen) atoms. The van der Waals surface area contributed by atoms with Crippen LogP contribution in [0.3, 0.4) is 0 Å². The predicted molar refractivity (Wildman–Crippen MR) is 214 cm³/mol. The van der Waals surface area contributed by atoms with Gasteiger partial charge in [-0.1, -0.05) is 146 Å². The molecule has 0 N–H and O–H groups in total. The number of hydrogen-bond donors (Lipinski definition) is 0. The second kappa shape index (κ2) is 16.0. The highest BCUT2D eigenvalue weighted by Gasteiger charge is 2.12. The van der Waals surface area contributed by atoms with Gasteiger partial charge >= 0.3 is 0 Å². The Morgan fingerprint density at radius 1 is 0.265 bits per heavy atom. The molecule has 7 rings (SSSR count). The van der Waals surface area contributed by atoms with Gasteiger partial charge < -0.3 is 9.80 Å². The van der Waals surface area contributed by atoms with E-state index in [0.717, 1.165) is 56.4 Å². The van der Waals surface area contributed by atoms with Crippen molar-refractivity contribution in [3.63, 3.8) is 0 Å². The molecule has 2 nitrogen and oxygen atoms in total. The van der Waals surface area contributed by atoms with E-state index < -0.39 is 0 Å². The number of rotatable bonds is 10. The Bertz CT molecular complexity index is 1850. The number of benzene rings is 7. The maximum atomic E-state index is 5.25. The zero-order valence-corrected chi connectivity index (χ0v) is 27.3. The van der Waals surface area contributed by atoms with Crippen LogP contribution in [0.15, 0.2) is 194 Å². The standard InChI is InChI=1S/C46H36N2.BH/c1-5-13-41(14-6-1)47(42-15-7-2-8-16-42)45-33-29-39(30-34-45)27-25-37-21-23-38(24-22-37)26-28-40-31-35-46(36-32-40)48(43-17-9-3-10-18-43)44-19-11-4-12-20-44;/h1-36H;1H/b27-25+,28-26+;/i;1D. The molecule has 0 fully saturated rings. The largest absolute Gasteiger partial charge is 0.311 e. The van der Waals surface area contributed by atoms with Crippen molar-refractivity contribution in [2.75, 3.05) is 9.80 Å². The Kier molecular flexibility index (Phi) is 10.2. The Morgan fingerprint density at radius 2 is 0.449 bits per heavy atom. The van der Waals surface area contributed by atoms with Gasteiger partial charge in [-0.05, 0) is 96.4 Å². The topological polar surface area (TPSA) is 6.48 Å². The molecule has 3 heteroatoms. The summed E-state index contributed by atoms with van der Waals surface area (Å²) in [4.78, 5) is 4.55. The molecule has 0 bridgehead atoms. The third-order valence-corrected chi connectivity index (χ3v) is 8.23. The van der Waals surface area contributed by atoms with Crippen LogP contribution in [0.2, 0.25) is 0 Å². The lowest BCUT2D eigenvalue weighted by molar-refractivity contribution is 1.28. The fourth-order valence-electron chi connectivity index (χ4n) is 5.77. The van der Waals surface area contributed by atoms with Crippen molar-refractivity contribution in [2.24, 2.45) is 0 Å². The molecule has 0 saturated heterocycles. The molecule has 0 aromatic heterocycles. The van der Waals surface area contributed by atoms with E-state index in [-0.39, 0.29) is 0 Å². The summed E-state index contributed by atoms with van der Waals surface area (Å²) in [5.41, 5.74) is 11.4. The molecule has 0 aliphatic carbocycles. The van der Waals surface area contributed by atoms with Crippen LogP contribution >= 0.6 is 0 Å². The van der Waals surface area contributed by atoms with E-state index in [1.807, 2.05) is 0 Å². The first-order valence-corrected chi connectivity index (χ1v) is 16.3. The monoisotopic (exact) mass is 629 g/mol. The molecule has 0 atom stereocenters. The number of nitrogens with zero attached hydrogens (tertiary/aromatic N) is 2. The van der Waals surface area contributed by atoms with Crippen LogP contribution in [0.4, 0.5) is 34.1 Å². The lowest BCUT2D eigenvalue weighted by Gasteiger charge is -2.25. The van der Waals surface area contributed by atoms with Crippen molar-refractivity contribution in [1.29, 1.82) is 1.34 Å². The first-order chi connectivity index (χ1) is 24.8. The molecule has 7 aromatic rings. The van der Waals surface area contributed by atoms with Gasteiger partial charge in [0.15, 0.2) is 0 Å². The van der Waals surface area contributed by atoms with E-state index in [1.165, 1.54) is 0 Å². The van der Waals surface area contributed by atoms with E-state index in [1.54, 1.807) is 0 Å².